The van der Waals surface area contributed by atoms with Crippen molar-refractivity contribution in [2.45, 2.75) is 20.0 Å². The first-order valence-corrected chi connectivity index (χ1v) is 6.15. The first kappa shape index (κ1) is 13.0. The van der Waals surface area contributed by atoms with Crippen LogP contribution in [0.2, 0.25) is 0 Å². The summed E-state index contributed by atoms with van der Waals surface area (Å²) in [6.45, 7) is 5.93. The minimum absolute atomic E-state index is 0.0276. The quantitative estimate of drug-likeness (QED) is 0.793. The van der Waals surface area contributed by atoms with E-state index in [9.17, 15) is 4.79 Å². The molecule has 6 heteroatoms. The average molecular weight is 252 g/mol. The fourth-order valence-corrected chi connectivity index (χ4v) is 2.29. The molecule has 1 aliphatic heterocycles. The summed E-state index contributed by atoms with van der Waals surface area (Å²) in [4.78, 5) is 14.3. The lowest BCUT2D eigenvalue weighted by atomic mass is 10.1. The van der Waals surface area contributed by atoms with E-state index in [2.05, 4.69) is 5.10 Å². The van der Waals surface area contributed by atoms with Crippen molar-refractivity contribution in [2.24, 2.45) is 12.8 Å². The van der Waals surface area contributed by atoms with Crippen molar-refractivity contribution in [3.8, 4) is 0 Å². The molecular weight excluding hydrogens is 232 g/mol. The van der Waals surface area contributed by atoms with Gasteiger partial charge in [-0.15, -0.1) is 0 Å². The van der Waals surface area contributed by atoms with Crippen LogP contribution in [-0.4, -0.2) is 52.9 Å². The summed E-state index contributed by atoms with van der Waals surface area (Å²) in [6, 6.07) is 0. The van der Waals surface area contributed by atoms with Crippen molar-refractivity contribution in [1.82, 2.24) is 14.7 Å². The number of nitrogens with two attached hydrogens (primary N) is 1. The molecule has 1 saturated heterocycles. The van der Waals surface area contributed by atoms with E-state index in [1.807, 2.05) is 20.9 Å². The lowest BCUT2D eigenvalue weighted by molar-refractivity contribution is -0.0168. The van der Waals surface area contributed by atoms with E-state index >= 15 is 0 Å². The molecular formula is C12H20N4O2. The molecule has 0 saturated carbocycles. The Balaban J connectivity index is 2.20. The molecule has 6 nitrogen and oxygen atoms in total. The van der Waals surface area contributed by atoms with Gasteiger partial charge in [0.2, 0.25) is 0 Å². The number of aryl methyl sites for hydroxylation is 2. The molecule has 0 radical (unpaired) electrons. The number of aromatic nitrogens is 2. The highest BCUT2D eigenvalue weighted by molar-refractivity contribution is 5.96. The lowest BCUT2D eigenvalue weighted by Crippen LogP contribution is -2.48. The van der Waals surface area contributed by atoms with Crippen LogP contribution >= 0.6 is 0 Å². The van der Waals surface area contributed by atoms with E-state index in [0.29, 0.717) is 31.8 Å². The Morgan fingerprint density at radius 3 is 2.83 bits per heavy atom. The van der Waals surface area contributed by atoms with Gasteiger partial charge in [-0.1, -0.05) is 0 Å². The topological polar surface area (TPSA) is 73.4 Å². The molecule has 18 heavy (non-hydrogen) atoms. The summed E-state index contributed by atoms with van der Waals surface area (Å²) in [5, 5.41) is 4.28. The van der Waals surface area contributed by atoms with Gasteiger partial charge in [-0.3, -0.25) is 9.48 Å². The van der Waals surface area contributed by atoms with Gasteiger partial charge in [-0.2, -0.15) is 5.10 Å². The molecule has 0 spiro atoms. The average Bonchev–Trinajstić information content (AvgIpc) is 2.62. The second-order valence-corrected chi connectivity index (χ2v) is 4.65. The number of carbonyl (C=O) groups excluding carboxylic acids is 1. The van der Waals surface area contributed by atoms with Gasteiger partial charge in [0.15, 0.2) is 0 Å². The second kappa shape index (κ2) is 5.07. The number of amides is 1. The molecule has 0 aromatic carbocycles. The third kappa shape index (κ3) is 2.26. The maximum atomic E-state index is 12.5. The van der Waals surface area contributed by atoms with Gasteiger partial charge in [0.25, 0.3) is 5.91 Å². The zero-order valence-electron chi connectivity index (χ0n) is 11.1. The van der Waals surface area contributed by atoms with E-state index in [1.165, 1.54) is 0 Å². The Hall–Kier alpha value is -1.40. The highest BCUT2D eigenvalue weighted by Gasteiger charge is 2.27. The van der Waals surface area contributed by atoms with Gasteiger partial charge in [0.05, 0.1) is 24.0 Å². The van der Waals surface area contributed by atoms with Crippen LogP contribution in [0.1, 0.15) is 21.7 Å². The maximum absolute atomic E-state index is 12.5. The van der Waals surface area contributed by atoms with Crippen LogP contribution in [0.25, 0.3) is 0 Å². The van der Waals surface area contributed by atoms with Crippen molar-refractivity contribution in [3.05, 3.63) is 17.0 Å². The van der Waals surface area contributed by atoms with Crippen molar-refractivity contribution in [2.75, 3.05) is 26.2 Å². The molecule has 1 aliphatic rings. The van der Waals surface area contributed by atoms with Crippen LogP contribution in [0.15, 0.2) is 0 Å². The fourth-order valence-electron chi connectivity index (χ4n) is 2.29. The van der Waals surface area contributed by atoms with Crippen molar-refractivity contribution in [1.29, 1.82) is 0 Å². The SMILES string of the molecule is Cc1nn(C)c(C)c1C(=O)N1CCOC(CN)C1. The van der Waals surface area contributed by atoms with E-state index < -0.39 is 0 Å². The Labute approximate surface area is 107 Å². The number of nitrogens with zero attached hydrogens (tertiary/aromatic N) is 3. The Kier molecular flexibility index (Phi) is 3.68. The van der Waals surface area contributed by atoms with Gasteiger partial charge >= 0.3 is 0 Å². The Morgan fingerprint density at radius 2 is 2.28 bits per heavy atom. The molecule has 2 heterocycles. The largest absolute Gasteiger partial charge is 0.373 e. The number of hydrogen-bond donors (Lipinski definition) is 1. The minimum atomic E-state index is -0.0556. The standard InChI is InChI=1S/C12H20N4O2/c1-8-11(9(2)15(3)14-8)12(17)16-4-5-18-10(6-13)7-16/h10H,4-7,13H2,1-3H3. The molecule has 0 aliphatic carbocycles. The van der Waals surface area contributed by atoms with Gasteiger partial charge < -0.3 is 15.4 Å². The summed E-state index contributed by atoms with van der Waals surface area (Å²) in [6.07, 6.45) is -0.0556. The normalized spacial score (nSPS) is 20.2. The third-order valence-electron chi connectivity index (χ3n) is 3.41. The van der Waals surface area contributed by atoms with Gasteiger partial charge in [-0.25, -0.2) is 0 Å². The number of hydrogen-bond acceptors (Lipinski definition) is 4. The molecule has 2 rings (SSSR count). The predicted octanol–water partition coefficient (Wildman–Crippen LogP) is -0.163. The summed E-state index contributed by atoms with van der Waals surface area (Å²) < 4.78 is 7.21. The molecule has 0 bridgehead atoms. The van der Waals surface area contributed by atoms with Crippen molar-refractivity contribution >= 4 is 5.91 Å². The zero-order valence-corrected chi connectivity index (χ0v) is 11.1. The van der Waals surface area contributed by atoms with Crippen LogP contribution in [-0.2, 0) is 11.8 Å². The van der Waals surface area contributed by atoms with Crippen LogP contribution < -0.4 is 5.73 Å². The predicted molar refractivity (Wildman–Crippen MR) is 67.4 cm³/mol. The number of rotatable bonds is 2. The molecule has 1 unspecified atom stereocenters. The van der Waals surface area contributed by atoms with E-state index in [0.717, 1.165) is 11.4 Å². The van der Waals surface area contributed by atoms with Crippen molar-refractivity contribution in [3.63, 3.8) is 0 Å². The van der Waals surface area contributed by atoms with Gasteiger partial charge in [0, 0.05) is 32.4 Å². The molecule has 1 fully saturated rings. The molecule has 100 valence electrons. The molecule has 1 amide bonds. The third-order valence-corrected chi connectivity index (χ3v) is 3.41. The Bertz CT molecular complexity index is 455. The lowest BCUT2D eigenvalue weighted by Gasteiger charge is -2.32. The fraction of sp³-hybridized carbons (Fsp3) is 0.667. The molecule has 1 aromatic heterocycles. The van der Waals surface area contributed by atoms with Gasteiger partial charge in [-0.05, 0) is 13.8 Å². The number of carbonyl (C=O) groups is 1. The smallest absolute Gasteiger partial charge is 0.257 e. The maximum Gasteiger partial charge on any atom is 0.257 e. The zero-order chi connectivity index (χ0) is 13.3. The van der Waals surface area contributed by atoms with E-state index in [1.54, 1.807) is 9.58 Å². The van der Waals surface area contributed by atoms with Crippen molar-refractivity contribution < 1.29 is 9.53 Å². The van der Waals surface area contributed by atoms with Crippen LogP contribution in [0.3, 0.4) is 0 Å². The first-order chi connectivity index (χ1) is 8.54. The summed E-state index contributed by atoms with van der Waals surface area (Å²) in [7, 11) is 1.85. The highest BCUT2D eigenvalue weighted by atomic mass is 16.5. The van der Waals surface area contributed by atoms with Crippen LogP contribution in [0.5, 0.6) is 0 Å². The van der Waals surface area contributed by atoms with E-state index in [-0.39, 0.29) is 12.0 Å². The summed E-state index contributed by atoms with van der Waals surface area (Å²) in [5.41, 5.74) is 7.96. The monoisotopic (exact) mass is 252 g/mol. The number of morpholine rings is 1. The highest BCUT2D eigenvalue weighted by Crippen LogP contribution is 2.16. The van der Waals surface area contributed by atoms with Crippen LogP contribution in [0, 0.1) is 13.8 Å². The van der Waals surface area contributed by atoms with Crippen LogP contribution in [0.4, 0.5) is 0 Å². The first-order valence-electron chi connectivity index (χ1n) is 6.15. The summed E-state index contributed by atoms with van der Waals surface area (Å²) in [5.74, 6) is 0.0276. The summed E-state index contributed by atoms with van der Waals surface area (Å²) >= 11 is 0. The van der Waals surface area contributed by atoms with Gasteiger partial charge in [0.1, 0.15) is 0 Å². The van der Waals surface area contributed by atoms with E-state index in [4.69, 9.17) is 10.5 Å². The molecule has 1 aromatic rings. The minimum Gasteiger partial charge on any atom is -0.373 e. The second-order valence-electron chi connectivity index (χ2n) is 4.65. The number of ether oxygens (including phenoxy) is 1. The molecule has 2 N–H and O–H groups in total. The Morgan fingerprint density at radius 1 is 1.56 bits per heavy atom. The molecule has 1 atom stereocenters.